The Balaban J connectivity index is 2.00. The third-order valence-corrected chi connectivity index (χ3v) is 3.90. The molecule has 0 unspecified atom stereocenters. The highest BCUT2D eigenvalue weighted by atomic mass is 79.9. The van der Waals surface area contributed by atoms with E-state index in [1.165, 1.54) is 0 Å². The molecule has 1 aliphatic heterocycles. The fourth-order valence-corrected chi connectivity index (χ4v) is 2.98. The normalized spacial score (nSPS) is 17.3. The molecule has 0 bridgehead atoms. The van der Waals surface area contributed by atoms with Crippen molar-refractivity contribution in [3.8, 4) is 0 Å². The van der Waals surface area contributed by atoms with Crippen molar-refractivity contribution < 1.29 is 4.79 Å². The van der Waals surface area contributed by atoms with Crippen LogP contribution in [0.1, 0.15) is 22.3 Å². The molecular formula is C15H21BrN2O. The predicted molar refractivity (Wildman–Crippen MR) is 81.9 cm³/mol. The van der Waals surface area contributed by atoms with E-state index in [0.717, 1.165) is 55.6 Å². The summed E-state index contributed by atoms with van der Waals surface area (Å²) in [6, 6.07) is 7.87. The first kappa shape index (κ1) is 14.5. The highest BCUT2D eigenvalue weighted by Crippen LogP contribution is 2.11. The van der Waals surface area contributed by atoms with Crippen LogP contribution in [0.5, 0.6) is 0 Å². The van der Waals surface area contributed by atoms with Gasteiger partial charge in [0.05, 0.1) is 0 Å². The fourth-order valence-electron chi connectivity index (χ4n) is 2.48. The van der Waals surface area contributed by atoms with Crippen LogP contribution in [0.25, 0.3) is 0 Å². The molecule has 0 N–H and O–H groups in total. The van der Waals surface area contributed by atoms with Crippen LogP contribution >= 0.6 is 15.9 Å². The van der Waals surface area contributed by atoms with Gasteiger partial charge in [0.15, 0.2) is 0 Å². The SMILES string of the molecule is Cc1cccc(C(=O)N2CCCN(CCBr)CC2)c1. The van der Waals surface area contributed by atoms with Gasteiger partial charge in [-0.2, -0.15) is 0 Å². The zero-order valence-electron chi connectivity index (χ0n) is 11.4. The first-order valence-electron chi connectivity index (χ1n) is 6.85. The molecule has 104 valence electrons. The van der Waals surface area contributed by atoms with Crippen LogP contribution in [0.4, 0.5) is 0 Å². The van der Waals surface area contributed by atoms with E-state index in [9.17, 15) is 4.79 Å². The smallest absolute Gasteiger partial charge is 0.253 e. The lowest BCUT2D eigenvalue weighted by atomic mass is 10.1. The first-order valence-corrected chi connectivity index (χ1v) is 7.97. The molecule has 0 aromatic heterocycles. The maximum atomic E-state index is 12.5. The summed E-state index contributed by atoms with van der Waals surface area (Å²) in [6.07, 6.45) is 1.06. The number of aryl methyl sites for hydroxylation is 1. The van der Waals surface area contributed by atoms with E-state index in [1.807, 2.05) is 36.1 Å². The van der Waals surface area contributed by atoms with Crippen molar-refractivity contribution in [2.75, 3.05) is 38.1 Å². The molecule has 2 rings (SSSR count). The topological polar surface area (TPSA) is 23.6 Å². The lowest BCUT2D eigenvalue weighted by molar-refractivity contribution is 0.0762. The van der Waals surface area contributed by atoms with Crippen LogP contribution in [0, 0.1) is 6.92 Å². The first-order chi connectivity index (χ1) is 9.20. The summed E-state index contributed by atoms with van der Waals surface area (Å²) in [6.45, 7) is 6.85. The van der Waals surface area contributed by atoms with E-state index in [-0.39, 0.29) is 5.91 Å². The summed E-state index contributed by atoms with van der Waals surface area (Å²) in [5.41, 5.74) is 1.95. The minimum absolute atomic E-state index is 0.171. The van der Waals surface area contributed by atoms with Crippen LogP contribution in [0.3, 0.4) is 0 Å². The van der Waals surface area contributed by atoms with Gasteiger partial charge in [0.2, 0.25) is 0 Å². The summed E-state index contributed by atoms with van der Waals surface area (Å²) in [4.78, 5) is 16.9. The van der Waals surface area contributed by atoms with Crippen LogP contribution < -0.4 is 0 Å². The number of hydrogen-bond donors (Lipinski definition) is 0. The van der Waals surface area contributed by atoms with E-state index in [1.54, 1.807) is 0 Å². The lowest BCUT2D eigenvalue weighted by Crippen LogP contribution is -2.35. The molecule has 0 atom stereocenters. The monoisotopic (exact) mass is 324 g/mol. The molecule has 3 nitrogen and oxygen atoms in total. The lowest BCUT2D eigenvalue weighted by Gasteiger charge is -2.21. The summed E-state index contributed by atoms with van der Waals surface area (Å²) in [5.74, 6) is 0.171. The Kier molecular flexibility index (Phi) is 5.40. The van der Waals surface area contributed by atoms with Crippen molar-refractivity contribution in [3.05, 3.63) is 35.4 Å². The van der Waals surface area contributed by atoms with Crippen molar-refractivity contribution in [3.63, 3.8) is 0 Å². The van der Waals surface area contributed by atoms with Crippen molar-refractivity contribution in [1.82, 2.24) is 9.80 Å². The van der Waals surface area contributed by atoms with Gasteiger partial charge in [0.25, 0.3) is 5.91 Å². The molecule has 0 saturated carbocycles. The second-order valence-corrected chi connectivity index (χ2v) is 5.84. The molecule has 19 heavy (non-hydrogen) atoms. The number of rotatable bonds is 3. The summed E-state index contributed by atoms with van der Waals surface area (Å²) in [5, 5.41) is 0.999. The van der Waals surface area contributed by atoms with Crippen molar-refractivity contribution in [2.45, 2.75) is 13.3 Å². The van der Waals surface area contributed by atoms with Gasteiger partial charge in [0, 0.05) is 37.1 Å². The molecule has 0 aliphatic carbocycles. The summed E-state index contributed by atoms with van der Waals surface area (Å²) in [7, 11) is 0. The number of benzene rings is 1. The van der Waals surface area contributed by atoms with Crippen LogP contribution in [-0.4, -0.2) is 53.8 Å². The van der Waals surface area contributed by atoms with Gasteiger partial charge in [-0.3, -0.25) is 4.79 Å². The van der Waals surface area contributed by atoms with Gasteiger partial charge in [-0.25, -0.2) is 0 Å². The number of carbonyl (C=O) groups is 1. The van der Waals surface area contributed by atoms with E-state index in [2.05, 4.69) is 20.8 Å². The zero-order valence-corrected chi connectivity index (χ0v) is 13.0. The molecule has 1 aliphatic rings. The van der Waals surface area contributed by atoms with E-state index >= 15 is 0 Å². The molecule has 1 heterocycles. The molecule has 1 fully saturated rings. The Morgan fingerprint density at radius 1 is 1.26 bits per heavy atom. The minimum Gasteiger partial charge on any atom is -0.337 e. The van der Waals surface area contributed by atoms with Crippen molar-refractivity contribution in [2.24, 2.45) is 0 Å². The average Bonchev–Trinajstić information content (AvgIpc) is 2.64. The quantitative estimate of drug-likeness (QED) is 0.798. The Labute approximate surface area is 123 Å². The van der Waals surface area contributed by atoms with Crippen LogP contribution in [0.2, 0.25) is 0 Å². The number of carbonyl (C=O) groups excluding carboxylic acids is 1. The van der Waals surface area contributed by atoms with E-state index in [0.29, 0.717) is 0 Å². The molecule has 1 aromatic rings. The highest BCUT2D eigenvalue weighted by molar-refractivity contribution is 9.09. The highest BCUT2D eigenvalue weighted by Gasteiger charge is 2.19. The Hall–Kier alpha value is -0.870. The largest absolute Gasteiger partial charge is 0.337 e. The van der Waals surface area contributed by atoms with Crippen molar-refractivity contribution >= 4 is 21.8 Å². The van der Waals surface area contributed by atoms with Gasteiger partial charge in [-0.05, 0) is 32.0 Å². The summed E-state index contributed by atoms with van der Waals surface area (Å²) >= 11 is 3.48. The molecule has 1 amide bonds. The third-order valence-electron chi connectivity index (χ3n) is 3.54. The number of amides is 1. The fraction of sp³-hybridized carbons (Fsp3) is 0.533. The molecule has 1 saturated heterocycles. The number of hydrogen-bond acceptors (Lipinski definition) is 2. The van der Waals surface area contributed by atoms with Crippen LogP contribution in [0.15, 0.2) is 24.3 Å². The Bertz CT molecular complexity index is 436. The molecular weight excluding hydrogens is 304 g/mol. The second-order valence-electron chi connectivity index (χ2n) is 5.05. The predicted octanol–water partition coefficient (Wildman–Crippen LogP) is 2.54. The van der Waals surface area contributed by atoms with Gasteiger partial charge in [0.1, 0.15) is 0 Å². The van der Waals surface area contributed by atoms with Gasteiger partial charge < -0.3 is 9.80 Å². The van der Waals surface area contributed by atoms with Gasteiger partial charge in [-0.1, -0.05) is 33.6 Å². The Morgan fingerprint density at radius 3 is 2.84 bits per heavy atom. The summed E-state index contributed by atoms with van der Waals surface area (Å²) < 4.78 is 0. The molecule has 4 heteroatoms. The maximum absolute atomic E-state index is 12.5. The minimum atomic E-state index is 0.171. The van der Waals surface area contributed by atoms with E-state index in [4.69, 9.17) is 0 Å². The third kappa shape index (κ3) is 4.05. The second kappa shape index (κ2) is 7.06. The zero-order chi connectivity index (χ0) is 13.7. The molecule has 0 spiro atoms. The van der Waals surface area contributed by atoms with Crippen LogP contribution in [-0.2, 0) is 0 Å². The Morgan fingerprint density at radius 2 is 2.11 bits per heavy atom. The van der Waals surface area contributed by atoms with Gasteiger partial charge in [-0.15, -0.1) is 0 Å². The standard InChI is InChI=1S/C15H21BrN2O/c1-13-4-2-5-14(12-13)15(19)18-8-3-7-17(9-6-16)10-11-18/h2,4-5,12H,3,6-11H2,1H3. The number of alkyl halides is 1. The van der Waals surface area contributed by atoms with Crippen molar-refractivity contribution in [1.29, 1.82) is 0 Å². The maximum Gasteiger partial charge on any atom is 0.253 e. The van der Waals surface area contributed by atoms with Gasteiger partial charge >= 0.3 is 0 Å². The average molecular weight is 325 g/mol. The molecule has 0 radical (unpaired) electrons. The number of nitrogens with zero attached hydrogens (tertiary/aromatic N) is 2. The number of halogens is 1. The molecule has 1 aromatic carbocycles. The van der Waals surface area contributed by atoms with E-state index < -0.39 is 0 Å².